The SMILES string of the molecule is COC(=O)c1ccc(C(C)NC(=O)c2cc(=O)[nH]c(-c3ccccc3)n2)cc1. The second-order valence-electron chi connectivity index (χ2n) is 6.15. The highest BCUT2D eigenvalue weighted by Crippen LogP contribution is 2.16. The van der Waals surface area contributed by atoms with Gasteiger partial charge in [0.1, 0.15) is 11.5 Å². The zero-order valence-corrected chi connectivity index (χ0v) is 15.4. The zero-order valence-electron chi connectivity index (χ0n) is 15.4. The molecule has 1 unspecified atom stereocenters. The molecule has 0 aliphatic rings. The number of methoxy groups -OCH3 is 1. The Labute approximate surface area is 161 Å². The van der Waals surface area contributed by atoms with Crippen molar-refractivity contribution in [3.05, 3.63) is 87.8 Å². The Bertz CT molecular complexity index is 1040. The maximum atomic E-state index is 12.6. The number of ether oxygens (including phenoxy) is 1. The summed E-state index contributed by atoms with van der Waals surface area (Å²) in [4.78, 5) is 43.0. The molecule has 0 radical (unpaired) electrons. The van der Waals surface area contributed by atoms with Crippen LogP contribution in [0, 0.1) is 0 Å². The number of carbonyl (C=O) groups excluding carboxylic acids is 2. The second-order valence-corrected chi connectivity index (χ2v) is 6.15. The van der Waals surface area contributed by atoms with Crippen molar-refractivity contribution in [2.75, 3.05) is 7.11 Å². The lowest BCUT2D eigenvalue weighted by molar-refractivity contribution is 0.0600. The number of aromatic amines is 1. The molecule has 2 aromatic carbocycles. The fourth-order valence-corrected chi connectivity index (χ4v) is 2.69. The molecule has 0 spiro atoms. The number of H-pyrrole nitrogens is 1. The smallest absolute Gasteiger partial charge is 0.337 e. The lowest BCUT2D eigenvalue weighted by atomic mass is 10.1. The van der Waals surface area contributed by atoms with Crippen LogP contribution < -0.4 is 10.9 Å². The minimum Gasteiger partial charge on any atom is -0.465 e. The third kappa shape index (κ3) is 4.32. The average molecular weight is 377 g/mol. The highest BCUT2D eigenvalue weighted by atomic mass is 16.5. The van der Waals surface area contributed by atoms with Crippen molar-refractivity contribution < 1.29 is 14.3 Å². The van der Waals surface area contributed by atoms with Gasteiger partial charge in [0.25, 0.3) is 11.5 Å². The van der Waals surface area contributed by atoms with Crippen molar-refractivity contribution in [3.8, 4) is 11.4 Å². The summed E-state index contributed by atoms with van der Waals surface area (Å²) < 4.78 is 4.67. The summed E-state index contributed by atoms with van der Waals surface area (Å²) in [6.07, 6.45) is 0. The molecule has 0 aliphatic heterocycles. The maximum absolute atomic E-state index is 12.6. The number of aromatic nitrogens is 2. The number of amides is 1. The van der Waals surface area contributed by atoms with E-state index in [-0.39, 0.29) is 11.7 Å². The molecular formula is C21H19N3O4. The van der Waals surface area contributed by atoms with E-state index in [9.17, 15) is 14.4 Å². The summed E-state index contributed by atoms with van der Waals surface area (Å²) in [5.41, 5.74) is 1.55. The van der Waals surface area contributed by atoms with Gasteiger partial charge in [-0.1, -0.05) is 42.5 Å². The molecule has 0 aliphatic carbocycles. The summed E-state index contributed by atoms with van der Waals surface area (Å²) in [6, 6.07) is 16.6. The van der Waals surface area contributed by atoms with Gasteiger partial charge in [-0.2, -0.15) is 0 Å². The Morgan fingerprint density at radius 2 is 1.75 bits per heavy atom. The van der Waals surface area contributed by atoms with Crippen LogP contribution in [0.15, 0.2) is 65.5 Å². The van der Waals surface area contributed by atoms with E-state index in [1.807, 2.05) is 18.2 Å². The minimum atomic E-state index is -0.465. The van der Waals surface area contributed by atoms with E-state index in [1.54, 1.807) is 43.3 Å². The van der Waals surface area contributed by atoms with Crippen LogP contribution in [0.4, 0.5) is 0 Å². The minimum absolute atomic E-state index is 0.0284. The summed E-state index contributed by atoms with van der Waals surface area (Å²) >= 11 is 0. The fourth-order valence-electron chi connectivity index (χ4n) is 2.69. The first kappa shape index (κ1) is 19.0. The van der Waals surface area contributed by atoms with Crippen LogP contribution in [-0.4, -0.2) is 29.0 Å². The molecule has 1 amide bonds. The van der Waals surface area contributed by atoms with E-state index in [4.69, 9.17) is 0 Å². The Balaban J connectivity index is 1.78. The van der Waals surface area contributed by atoms with Gasteiger partial charge in [-0.3, -0.25) is 9.59 Å². The van der Waals surface area contributed by atoms with Crippen LogP contribution >= 0.6 is 0 Å². The van der Waals surface area contributed by atoms with Crippen LogP contribution in [0.5, 0.6) is 0 Å². The van der Waals surface area contributed by atoms with E-state index in [1.165, 1.54) is 7.11 Å². The quantitative estimate of drug-likeness (QED) is 0.666. The van der Waals surface area contributed by atoms with Crippen molar-refractivity contribution in [1.29, 1.82) is 0 Å². The molecule has 7 nitrogen and oxygen atoms in total. The molecule has 142 valence electrons. The van der Waals surface area contributed by atoms with Crippen LogP contribution in [0.25, 0.3) is 11.4 Å². The average Bonchev–Trinajstić information content (AvgIpc) is 2.73. The van der Waals surface area contributed by atoms with Crippen LogP contribution in [0.2, 0.25) is 0 Å². The molecule has 0 saturated carbocycles. The number of hydrogen-bond acceptors (Lipinski definition) is 5. The third-order valence-electron chi connectivity index (χ3n) is 4.20. The first-order chi connectivity index (χ1) is 13.5. The lowest BCUT2D eigenvalue weighted by Crippen LogP contribution is -2.29. The molecule has 0 bridgehead atoms. The van der Waals surface area contributed by atoms with Gasteiger partial charge >= 0.3 is 5.97 Å². The molecular weight excluding hydrogens is 358 g/mol. The van der Waals surface area contributed by atoms with Crippen molar-refractivity contribution in [1.82, 2.24) is 15.3 Å². The molecule has 28 heavy (non-hydrogen) atoms. The van der Waals surface area contributed by atoms with Gasteiger partial charge in [0, 0.05) is 11.6 Å². The maximum Gasteiger partial charge on any atom is 0.337 e. The summed E-state index contributed by atoms with van der Waals surface area (Å²) in [6.45, 7) is 1.80. The normalized spacial score (nSPS) is 11.5. The Kier molecular flexibility index (Phi) is 5.64. The van der Waals surface area contributed by atoms with Crippen LogP contribution in [0.3, 0.4) is 0 Å². The predicted octanol–water partition coefficient (Wildman–Crippen LogP) is 2.71. The number of hydrogen-bond donors (Lipinski definition) is 2. The fraction of sp³-hybridized carbons (Fsp3) is 0.143. The molecule has 1 heterocycles. The van der Waals surface area contributed by atoms with Gasteiger partial charge in [0.15, 0.2) is 0 Å². The monoisotopic (exact) mass is 377 g/mol. The molecule has 0 fully saturated rings. The van der Waals surface area contributed by atoms with E-state index in [2.05, 4.69) is 20.0 Å². The lowest BCUT2D eigenvalue weighted by Gasteiger charge is -2.14. The van der Waals surface area contributed by atoms with Crippen molar-refractivity contribution in [2.24, 2.45) is 0 Å². The number of benzene rings is 2. The van der Waals surface area contributed by atoms with Crippen molar-refractivity contribution >= 4 is 11.9 Å². The molecule has 2 N–H and O–H groups in total. The van der Waals surface area contributed by atoms with Gasteiger partial charge in [0.05, 0.1) is 18.7 Å². The Hall–Kier alpha value is -3.74. The summed E-state index contributed by atoms with van der Waals surface area (Å²) in [5.74, 6) is -0.564. The Morgan fingerprint density at radius 1 is 1.07 bits per heavy atom. The van der Waals surface area contributed by atoms with Gasteiger partial charge in [-0.05, 0) is 24.6 Å². The zero-order chi connectivity index (χ0) is 20.1. The van der Waals surface area contributed by atoms with Crippen LogP contribution in [0.1, 0.15) is 39.4 Å². The van der Waals surface area contributed by atoms with E-state index < -0.39 is 17.4 Å². The highest BCUT2D eigenvalue weighted by molar-refractivity contribution is 5.93. The van der Waals surface area contributed by atoms with Crippen LogP contribution in [-0.2, 0) is 4.74 Å². The molecule has 1 aromatic heterocycles. The number of rotatable bonds is 5. The number of carbonyl (C=O) groups is 2. The second kappa shape index (κ2) is 8.30. The molecule has 1 atom stereocenters. The first-order valence-corrected chi connectivity index (χ1v) is 8.64. The van der Waals surface area contributed by atoms with Crippen molar-refractivity contribution in [2.45, 2.75) is 13.0 Å². The van der Waals surface area contributed by atoms with E-state index in [0.29, 0.717) is 17.0 Å². The number of esters is 1. The van der Waals surface area contributed by atoms with Gasteiger partial charge in [0.2, 0.25) is 0 Å². The number of nitrogens with one attached hydrogen (secondary N) is 2. The number of nitrogens with zero attached hydrogens (tertiary/aromatic N) is 1. The molecule has 7 heteroatoms. The van der Waals surface area contributed by atoms with E-state index in [0.717, 1.165) is 11.6 Å². The first-order valence-electron chi connectivity index (χ1n) is 8.64. The molecule has 3 aromatic rings. The standard InChI is InChI=1S/C21H19N3O4/c1-13(14-8-10-16(11-9-14)21(27)28-2)22-20(26)17-12-18(25)24-19(23-17)15-6-4-3-5-7-15/h3-13H,1-2H3,(H,22,26)(H,23,24,25). The molecule has 0 saturated heterocycles. The topological polar surface area (TPSA) is 101 Å². The Morgan fingerprint density at radius 3 is 2.39 bits per heavy atom. The molecule has 3 rings (SSSR count). The predicted molar refractivity (Wildman–Crippen MR) is 104 cm³/mol. The van der Waals surface area contributed by atoms with Gasteiger partial charge < -0.3 is 15.0 Å². The highest BCUT2D eigenvalue weighted by Gasteiger charge is 2.15. The van der Waals surface area contributed by atoms with E-state index >= 15 is 0 Å². The van der Waals surface area contributed by atoms with Gasteiger partial charge in [-0.25, -0.2) is 9.78 Å². The summed E-state index contributed by atoms with van der Waals surface area (Å²) in [5, 5.41) is 2.81. The van der Waals surface area contributed by atoms with Gasteiger partial charge in [-0.15, -0.1) is 0 Å². The third-order valence-corrected chi connectivity index (χ3v) is 4.20. The summed E-state index contributed by atoms with van der Waals surface area (Å²) in [7, 11) is 1.32. The largest absolute Gasteiger partial charge is 0.465 e. The van der Waals surface area contributed by atoms with Crippen molar-refractivity contribution in [3.63, 3.8) is 0 Å².